The number of hydrogen-bond acceptors (Lipinski definition) is 8. The summed E-state index contributed by atoms with van der Waals surface area (Å²) < 4.78 is 41.4. The van der Waals surface area contributed by atoms with Crippen LogP contribution in [-0.2, 0) is 29.7 Å². The molecule has 3 aromatic rings. The van der Waals surface area contributed by atoms with E-state index in [4.69, 9.17) is 13.7 Å². The Balaban J connectivity index is 1.15. The van der Waals surface area contributed by atoms with Crippen LogP contribution >= 0.6 is 0 Å². The molecule has 2 aromatic heterocycles. The summed E-state index contributed by atoms with van der Waals surface area (Å²) in [5, 5.41) is 3.77. The van der Waals surface area contributed by atoms with Crippen molar-refractivity contribution in [2.24, 2.45) is 5.92 Å². The number of nitrogens with zero attached hydrogens (tertiary/aromatic N) is 3. The first kappa shape index (κ1) is 22.8. The van der Waals surface area contributed by atoms with E-state index in [0.29, 0.717) is 44.8 Å². The summed E-state index contributed by atoms with van der Waals surface area (Å²) in [7, 11) is -3.15. The number of sulfonamides is 1. The molecule has 1 fully saturated rings. The van der Waals surface area contributed by atoms with Crippen LogP contribution in [0.4, 0.5) is 0 Å². The Kier molecular flexibility index (Phi) is 6.28. The molecule has 0 bridgehead atoms. The van der Waals surface area contributed by atoms with Crippen LogP contribution in [0, 0.1) is 5.92 Å². The number of aromatic nitrogens is 1. The lowest BCUT2D eigenvalue weighted by molar-refractivity contribution is 0.180. The molecule has 0 amide bonds. The van der Waals surface area contributed by atoms with E-state index >= 15 is 0 Å². The molecule has 0 N–H and O–H groups in total. The maximum Gasteiger partial charge on any atom is 0.227 e. The molecule has 180 valence electrons. The van der Waals surface area contributed by atoms with Gasteiger partial charge in [-0.2, -0.15) is 0 Å². The largest absolute Gasteiger partial charge is 0.486 e. The minimum Gasteiger partial charge on any atom is -0.486 e. The van der Waals surface area contributed by atoms with Gasteiger partial charge in [0.25, 0.3) is 0 Å². The van der Waals surface area contributed by atoms with Gasteiger partial charge in [0.1, 0.15) is 12.0 Å². The van der Waals surface area contributed by atoms with Gasteiger partial charge in [-0.05, 0) is 36.0 Å². The second kappa shape index (κ2) is 9.36. The summed E-state index contributed by atoms with van der Waals surface area (Å²) in [5.41, 5.74) is 3.25. The van der Waals surface area contributed by atoms with Gasteiger partial charge < -0.3 is 13.7 Å². The molecule has 34 heavy (non-hydrogen) atoms. The molecule has 0 aliphatic carbocycles. The number of benzene rings is 1. The minimum atomic E-state index is -3.15. The smallest absolute Gasteiger partial charge is 0.227 e. The lowest BCUT2D eigenvalue weighted by atomic mass is 9.99. The monoisotopic (exact) mass is 485 g/mol. The lowest BCUT2D eigenvalue weighted by Gasteiger charge is -2.29. The summed E-state index contributed by atoms with van der Waals surface area (Å²) in [6, 6.07) is 9.57. The van der Waals surface area contributed by atoms with Crippen LogP contribution in [0.25, 0.3) is 11.3 Å². The van der Waals surface area contributed by atoms with E-state index in [1.807, 2.05) is 12.1 Å². The quantitative estimate of drug-likeness (QED) is 0.503. The van der Waals surface area contributed by atoms with E-state index < -0.39 is 10.0 Å². The molecule has 0 saturated carbocycles. The van der Waals surface area contributed by atoms with Gasteiger partial charge in [-0.15, -0.1) is 0 Å². The highest BCUT2D eigenvalue weighted by Crippen LogP contribution is 2.29. The average Bonchev–Trinajstić information content (AvgIpc) is 3.47. The van der Waals surface area contributed by atoms with E-state index in [1.54, 1.807) is 6.20 Å². The molecule has 0 spiro atoms. The molecule has 0 unspecified atom stereocenters. The van der Waals surface area contributed by atoms with Crippen molar-refractivity contribution in [3.8, 4) is 17.1 Å². The summed E-state index contributed by atoms with van der Waals surface area (Å²) in [6.07, 6.45) is 5.67. The Morgan fingerprint density at radius 1 is 1.12 bits per heavy atom. The van der Waals surface area contributed by atoms with Gasteiger partial charge in [0.2, 0.25) is 21.2 Å². The van der Waals surface area contributed by atoms with Gasteiger partial charge >= 0.3 is 0 Å². The predicted molar refractivity (Wildman–Crippen MR) is 125 cm³/mol. The third-order valence-electron chi connectivity index (χ3n) is 6.47. The molecular weight excluding hydrogens is 458 g/mol. The highest BCUT2D eigenvalue weighted by atomic mass is 32.2. The zero-order valence-corrected chi connectivity index (χ0v) is 19.8. The fourth-order valence-corrected chi connectivity index (χ4v) is 5.43. The van der Waals surface area contributed by atoms with E-state index in [9.17, 15) is 13.2 Å². The Morgan fingerprint density at radius 2 is 1.91 bits per heavy atom. The molecule has 2 aliphatic rings. The first-order chi connectivity index (χ1) is 16.3. The van der Waals surface area contributed by atoms with Gasteiger partial charge in [-0.25, -0.2) is 12.7 Å². The number of hydrogen-bond donors (Lipinski definition) is 0. The van der Waals surface area contributed by atoms with Crippen molar-refractivity contribution in [1.29, 1.82) is 0 Å². The maximum atomic E-state index is 12.6. The Hall–Kier alpha value is -2.95. The summed E-state index contributed by atoms with van der Waals surface area (Å²) in [6.45, 7) is 3.39. The Morgan fingerprint density at radius 3 is 2.62 bits per heavy atom. The van der Waals surface area contributed by atoms with E-state index in [2.05, 4.69) is 22.2 Å². The fraction of sp³-hybridized carbons (Fsp3) is 0.417. The summed E-state index contributed by atoms with van der Waals surface area (Å²) in [4.78, 5) is 14.8. The van der Waals surface area contributed by atoms with E-state index in [-0.39, 0.29) is 17.1 Å². The lowest BCUT2D eigenvalue weighted by Crippen LogP contribution is -2.39. The number of fused-ring (bicyclic) bond motifs is 1. The SMILES string of the molecule is CS(=O)(=O)N1CCC(COc2coc(CN3Cc4ccc(-c5ccno5)cc4C3)cc2=O)CC1. The first-order valence-corrected chi connectivity index (χ1v) is 13.1. The summed E-state index contributed by atoms with van der Waals surface area (Å²) >= 11 is 0. The van der Waals surface area contributed by atoms with Crippen LogP contribution in [0.3, 0.4) is 0 Å². The maximum absolute atomic E-state index is 12.6. The van der Waals surface area contributed by atoms with Gasteiger partial charge in [-0.1, -0.05) is 17.3 Å². The third-order valence-corrected chi connectivity index (χ3v) is 7.77. The average molecular weight is 486 g/mol. The topological polar surface area (TPSA) is 106 Å². The molecule has 0 radical (unpaired) electrons. The second-order valence-corrected chi connectivity index (χ2v) is 11.0. The third kappa shape index (κ3) is 5.08. The highest BCUT2D eigenvalue weighted by Gasteiger charge is 2.26. The molecule has 1 saturated heterocycles. The van der Waals surface area contributed by atoms with Gasteiger partial charge in [-0.3, -0.25) is 9.69 Å². The first-order valence-electron chi connectivity index (χ1n) is 11.3. The van der Waals surface area contributed by atoms with Crippen molar-refractivity contribution in [1.82, 2.24) is 14.4 Å². The van der Waals surface area contributed by atoms with E-state index in [1.165, 1.54) is 34.0 Å². The number of ether oxygens (including phenoxy) is 1. The molecule has 10 heteroatoms. The molecule has 5 rings (SSSR count). The number of piperidine rings is 1. The van der Waals surface area contributed by atoms with Crippen molar-refractivity contribution < 1.29 is 22.1 Å². The van der Waals surface area contributed by atoms with Crippen LogP contribution in [0.15, 0.2) is 56.5 Å². The molecule has 2 aliphatic heterocycles. The standard InChI is InChI=1S/C24H27N3O6S/c1-34(29,30)27-8-5-17(6-9-27)15-32-24-16-31-21(11-22(24)28)14-26-12-19-3-2-18(10-20(19)13-26)23-4-7-25-33-23/h2-4,7,10-11,16-17H,5-6,8-9,12-15H2,1H3. The van der Waals surface area contributed by atoms with Crippen molar-refractivity contribution in [3.05, 3.63) is 69.9 Å². The second-order valence-electron chi connectivity index (χ2n) is 9.00. The highest BCUT2D eigenvalue weighted by molar-refractivity contribution is 7.88. The van der Waals surface area contributed by atoms with Crippen molar-refractivity contribution in [2.45, 2.75) is 32.5 Å². The van der Waals surface area contributed by atoms with Crippen LogP contribution in [0.2, 0.25) is 0 Å². The zero-order chi connectivity index (χ0) is 23.7. The Bertz CT molecular complexity index is 1310. The Labute approximate surface area is 198 Å². The van der Waals surface area contributed by atoms with Crippen molar-refractivity contribution in [2.75, 3.05) is 26.0 Å². The molecule has 1 aromatic carbocycles. The van der Waals surface area contributed by atoms with Crippen molar-refractivity contribution >= 4 is 10.0 Å². The summed E-state index contributed by atoms with van der Waals surface area (Å²) in [5.74, 6) is 1.73. The molecular formula is C24H27N3O6S. The minimum absolute atomic E-state index is 0.190. The van der Waals surface area contributed by atoms with Gasteiger partial charge in [0.15, 0.2) is 5.76 Å². The zero-order valence-electron chi connectivity index (χ0n) is 19.0. The normalized spacial score (nSPS) is 17.7. The molecule has 4 heterocycles. The molecule has 0 atom stereocenters. The van der Waals surface area contributed by atoms with Crippen LogP contribution < -0.4 is 10.2 Å². The predicted octanol–water partition coefficient (Wildman–Crippen LogP) is 2.86. The van der Waals surface area contributed by atoms with Gasteiger partial charge in [0.05, 0.1) is 25.6 Å². The fourth-order valence-electron chi connectivity index (χ4n) is 4.56. The van der Waals surface area contributed by atoms with Gasteiger partial charge in [0, 0.05) is 43.9 Å². The van der Waals surface area contributed by atoms with Crippen LogP contribution in [0.1, 0.15) is 29.7 Å². The van der Waals surface area contributed by atoms with Crippen LogP contribution in [-0.4, -0.2) is 48.7 Å². The van der Waals surface area contributed by atoms with Crippen LogP contribution in [0.5, 0.6) is 5.75 Å². The number of rotatable bonds is 7. The molecule has 9 nitrogen and oxygen atoms in total. The van der Waals surface area contributed by atoms with Crippen molar-refractivity contribution in [3.63, 3.8) is 0 Å². The van der Waals surface area contributed by atoms with E-state index in [0.717, 1.165) is 24.4 Å².